The first kappa shape index (κ1) is 27.1. The van der Waals surface area contributed by atoms with Gasteiger partial charge in [-0.15, -0.1) is 0 Å². The van der Waals surface area contributed by atoms with Crippen molar-refractivity contribution in [2.45, 2.75) is 38.5 Å². The summed E-state index contributed by atoms with van der Waals surface area (Å²) in [6, 6.07) is 18.1. The summed E-state index contributed by atoms with van der Waals surface area (Å²) < 4.78 is 16.8. The number of aliphatic imine (C=N–C) groups is 2. The predicted octanol–water partition coefficient (Wildman–Crippen LogP) is 6.73. The second-order valence-corrected chi connectivity index (χ2v) is 11.2. The van der Waals surface area contributed by atoms with E-state index in [0.29, 0.717) is 12.4 Å². The monoisotopic (exact) mass is 576 g/mol. The molecule has 7 rings (SSSR count). The Bertz CT molecular complexity index is 1790. The number of nitrogens with zero attached hydrogens (tertiary/aromatic N) is 2. The molecule has 0 spiro atoms. The van der Waals surface area contributed by atoms with Crippen LogP contribution in [0.5, 0.6) is 23.0 Å². The van der Waals surface area contributed by atoms with Crippen molar-refractivity contribution >= 4 is 33.2 Å². The number of rotatable bonds is 9. The van der Waals surface area contributed by atoms with Crippen LogP contribution < -0.4 is 14.2 Å². The highest BCUT2D eigenvalue weighted by molar-refractivity contribution is 6.09. The number of ether oxygens (including phenoxy) is 3. The number of aromatic hydroxyl groups is 1. The van der Waals surface area contributed by atoms with Crippen LogP contribution in [0.2, 0.25) is 0 Å². The van der Waals surface area contributed by atoms with E-state index in [1.807, 2.05) is 31.2 Å². The number of H-pyrrole nitrogens is 2. The molecule has 3 N–H and O–H groups in total. The van der Waals surface area contributed by atoms with Gasteiger partial charge >= 0.3 is 0 Å². The van der Waals surface area contributed by atoms with E-state index in [0.717, 1.165) is 89.7 Å². The van der Waals surface area contributed by atoms with E-state index in [2.05, 4.69) is 34.2 Å². The van der Waals surface area contributed by atoms with Crippen LogP contribution in [0.3, 0.4) is 0 Å². The Morgan fingerprint density at radius 1 is 0.767 bits per heavy atom. The lowest BCUT2D eigenvalue weighted by molar-refractivity contribution is 0.317. The molecular weight excluding hydrogens is 540 g/mol. The van der Waals surface area contributed by atoms with Crippen LogP contribution >= 0.6 is 0 Å². The van der Waals surface area contributed by atoms with Crippen molar-refractivity contribution in [3.8, 4) is 23.0 Å². The van der Waals surface area contributed by atoms with Gasteiger partial charge in [0.2, 0.25) is 0 Å². The molecule has 5 aromatic rings. The molecule has 3 aromatic carbocycles. The fourth-order valence-electron chi connectivity index (χ4n) is 6.66. The van der Waals surface area contributed by atoms with Crippen LogP contribution in [0.15, 0.2) is 64.6 Å². The molecule has 4 heterocycles. The first-order chi connectivity index (χ1) is 21.1. The molecule has 220 valence electrons. The number of fused-ring (bicyclic) bond motifs is 6. The van der Waals surface area contributed by atoms with E-state index >= 15 is 0 Å². The van der Waals surface area contributed by atoms with Crippen LogP contribution in [-0.2, 0) is 12.8 Å². The van der Waals surface area contributed by atoms with E-state index in [4.69, 9.17) is 24.2 Å². The summed E-state index contributed by atoms with van der Waals surface area (Å²) in [4.78, 5) is 17.4. The standard InChI is InChI=1S/C35H36N4O4/c1-4-43-33-17-20(5-10-32(33)40)21(15-30-34-26(11-13-36-30)24-8-6-22(41-2)18-28(24)38-34)16-31-35-27(12-14-37-31)25-9-7-23(42-3)19-29(25)39-35/h5-10,17-19,21,38-40H,4,11-16H2,1-3H3. The van der Waals surface area contributed by atoms with Crippen LogP contribution in [0.1, 0.15) is 53.8 Å². The molecule has 0 saturated carbocycles. The smallest absolute Gasteiger partial charge is 0.161 e. The molecule has 0 saturated heterocycles. The van der Waals surface area contributed by atoms with E-state index in [-0.39, 0.29) is 11.7 Å². The Kier molecular flexibility index (Phi) is 7.05. The van der Waals surface area contributed by atoms with Gasteiger partial charge in [0, 0.05) is 47.0 Å². The normalized spacial score (nSPS) is 14.4. The van der Waals surface area contributed by atoms with Crippen LogP contribution in [-0.4, -0.2) is 60.4 Å². The molecule has 43 heavy (non-hydrogen) atoms. The van der Waals surface area contributed by atoms with Crippen LogP contribution in [0.4, 0.5) is 0 Å². The maximum atomic E-state index is 10.5. The predicted molar refractivity (Wildman–Crippen MR) is 171 cm³/mol. The van der Waals surface area contributed by atoms with Gasteiger partial charge in [0.05, 0.1) is 43.6 Å². The lowest BCUT2D eigenvalue weighted by atomic mass is 9.84. The Hall–Kier alpha value is -4.72. The molecule has 0 bridgehead atoms. The first-order valence-electron chi connectivity index (χ1n) is 15.0. The second-order valence-electron chi connectivity index (χ2n) is 11.2. The van der Waals surface area contributed by atoms with Crippen molar-refractivity contribution in [1.82, 2.24) is 9.97 Å². The molecule has 0 atom stereocenters. The second kappa shape index (κ2) is 11.2. The summed E-state index contributed by atoms with van der Waals surface area (Å²) >= 11 is 0. The number of aromatic nitrogens is 2. The van der Waals surface area contributed by atoms with Gasteiger partial charge in [-0.25, -0.2) is 0 Å². The average molecular weight is 577 g/mol. The SMILES string of the molecule is CCOc1cc(C(CC2=NCCc3c2[nH]c2cc(OC)ccc32)CC2=NCCc3c2[nH]c2cc(OC)ccc32)ccc1O. The first-order valence-corrected chi connectivity index (χ1v) is 15.0. The van der Waals surface area contributed by atoms with Gasteiger partial charge in [-0.05, 0) is 91.6 Å². The molecule has 0 radical (unpaired) electrons. The Morgan fingerprint density at radius 3 is 1.84 bits per heavy atom. The molecular formula is C35H36N4O4. The van der Waals surface area contributed by atoms with Crippen molar-refractivity contribution in [3.05, 3.63) is 82.7 Å². The minimum atomic E-state index is 0.0519. The van der Waals surface area contributed by atoms with Gasteiger partial charge in [-0.1, -0.05) is 6.07 Å². The third-order valence-corrected chi connectivity index (χ3v) is 8.77. The lowest BCUT2D eigenvalue weighted by Crippen LogP contribution is -2.20. The molecule has 2 aliphatic rings. The third-order valence-electron chi connectivity index (χ3n) is 8.77. The zero-order valence-corrected chi connectivity index (χ0v) is 24.8. The van der Waals surface area contributed by atoms with Crippen molar-refractivity contribution in [2.24, 2.45) is 9.98 Å². The van der Waals surface area contributed by atoms with E-state index in [9.17, 15) is 5.11 Å². The van der Waals surface area contributed by atoms with Gasteiger partial charge in [0.1, 0.15) is 11.5 Å². The molecule has 0 amide bonds. The van der Waals surface area contributed by atoms with Crippen LogP contribution in [0.25, 0.3) is 21.8 Å². The van der Waals surface area contributed by atoms with Gasteiger partial charge in [0.15, 0.2) is 11.5 Å². The minimum Gasteiger partial charge on any atom is -0.504 e. The van der Waals surface area contributed by atoms with E-state index in [1.165, 1.54) is 21.9 Å². The van der Waals surface area contributed by atoms with Crippen molar-refractivity contribution in [2.75, 3.05) is 33.9 Å². The fraction of sp³-hybridized carbons (Fsp3) is 0.314. The summed E-state index contributed by atoms with van der Waals surface area (Å²) in [6.45, 7) is 3.91. The Morgan fingerprint density at radius 2 is 1.33 bits per heavy atom. The van der Waals surface area contributed by atoms with Gasteiger partial charge < -0.3 is 29.3 Å². The molecule has 2 aromatic heterocycles. The van der Waals surface area contributed by atoms with Gasteiger partial charge in [-0.3, -0.25) is 9.98 Å². The highest BCUT2D eigenvalue weighted by Gasteiger charge is 2.28. The number of hydrogen-bond acceptors (Lipinski definition) is 6. The van der Waals surface area contributed by atoms with Crippen molar-refractivity contribution < 1.29 is 19.3 Å². The molecule has 2 aliphatic heterocycles. The maximum absolute atomic E-state index is 10.5. The number of phenolic OH excluding ortho intramolecular Hbond substituents is 1. The van der Waals surface area contributed by atoms with Crippen molar-refractivity contribution in [1.29, 1.82) is 0 Å². The Balaban J connectivity index is 1.28. The fourth-order valence-corrected chi connectivity index (χ4v) is 6.66. The van der Waals surface area contributed by atoms with E-state index < -0.39 is 0 Å². The lowest BCUT2D eigenvalue weighted by Gasteiger charge is -2.24. The van der Waals surface area contributed by atoms with Gasteiger partial charge in [0.25, 0.3) is 0 Å². The topological polar surface area (TPSA) is 104 Å². The summed E-state index contributed by atoms with van der Waals surface area (Å²) in [6.07, 6.45) is 3.24. The number of phenols is 1. The average Bonchev–Trinajstić information content (AvgIpc) is 3.60. The van der Waals surface area contributed by atoms with E-state index in [1.54, 1.807) is 20.3 Å². The Labute approximate surface area is 250 Å². The molecule has 0 unspecified atom stereocenters. The minimum absolute atomic E-state index is 0.0519. The molecule has 8 nitrogen and oxygen atoms in total. The summed E-state index contributed by atoms with van der Waals surface area (Å²) in [5, 5.41) is 12.9. The van der Waals surface area contributed by atoms with Crippen LogP contribution in [0, 0.1) is 0 Å². The number of hydrogen-bond donors (Lipinski definition) is 3. The highest BCUT2D eigenvalue weighted by atomic mass is 16.5. The zero-order chi connectivity index (χ0) is 29.5. The largest absolute Gasteiger partial charge is 0.504 e. The quantitative estimate of drug-likeness (QED) is 0.181. The van der Waals surface area contributed by atoms with Gasteiger partial charge in [-0.2, -0.15) is 0 Å². The molecule has 0 aliphatic carbocycles. The maximum Gasteiger partial charge on any atom is 0.161 e. The number of nitrogens with one attached hydrogen (secondary N) is 2. The summed E-state index contributed by atoms with van der Waals surface area (Å²) in [5.74, 6) is 2.36. The number of aromatic amines is 2. The zero-order valence-electron chi connectivity index (χ0n) is 24.8. The summed E-state index contributed by atoms with van der Waals surface area (Å²) in [7, 11) is 3.39. The molecule has 8 heteroatoms. The third kappa shape index (κ3) is 4.90. The van der Waals surface area contributed by atoms with Crippen molar-refractivity contribution in [3.63, 3.8) is 0 Å². The number of methoxy groups -OCH3 is 2. The molecule has 0 fully saturated rings. The highest BCUT2D eigenvalue weighted by Crippen LogP contribution is 2.38. The summed E-state index contributed by atoms with van der Waals surface area (Å²) in [5.41, 5.74) is 10.2. The number of benzene rings is 3.